The second kappa shape index (κ2) is 6.24. The number of halogens is 1. The van der Waals surface area contributed by atoms with Gasteiger partial charge in [-0.1, -0.05) is 11.6 Å². The maximum atomic E-state index is 12.5. The fourth-order valence-corrected chi connectivity index (χ4v) is 4.04. The van der Waals surface area contributed by atoms with Crippen LogP contribution in [0.4, 0.5) is 5.69 Å². The lowest BCUT2D eigenvalue weighted by molar-refractivity contribution is -0.155. The Morgan fingerprint density at radius 3 is 2.58 bits per heavy atom. The van der Waals surface area contributed by atoms with Gasteiger partial charge in [0.15, 0.2) is 0 Å². The van der Waals surface area contributed by atoms with Gasteiger partial charge >= 0.3 is 5.97 Å². The van der Waals surface area contributed by atoms with E-state index < -0.39 is 5.97 Å². The molecule has 0 aliphatic heterocycles. The van der Waals surface area contributed by atoms with Gasteiger partial charge < -0.3 is 15.7 Å². The first-order chi connectivity index (χ1) is 11.3. The standard InChI is InChI=1S/C17H22ClN3O3/c1-9(2)20-13-3-14(18)19-8-12(13)15(22)21-11-6-17(7-11)4-10(5-17)16(23)24/h3,8-11H,4-7H2,1-2H3,(H,19,20)(H,21,22)(H,23,24). The van der Waals surface area contributed by atoms with Crippen molar-refractivity contribution in [3.8, 4) is 0 Å². The number of amides is 1. The normalized spacial score (nSPS) is 28.2. The average Bonchev–Trinajstić information content (AvgIpc) is 2.38. The third-order valence-corrected chi connectivity index (χ3v) is 5.17. The molecule has 0 atom stereocenters. The molecule has 6 nitrogen and oxygen atoms in total. The van der Waals surface area contributed by atoms with Gasteiger partial charge in [-0.15, -0.1) is 0 Å². The van der Waals surface area contributed by atoms with E-state index in [0.29, 0.717) is 16.4 Å². The van der Waals surface area contributed by atoms with Gasteiger partial charge in [0, 0.05) is 18.3 Å². The summed E-state index contributed by atoms with van der Waals surface area (Å²) in [6.45, 7) is 3.97. The minimum Gasteiger partial charge on any atom is -0.481 e. The van der Waals surface area contributed by atoms with Crippen molar-refractivity contribution in [1.29, 1.82) is 0 Å². The molecular formula is C17H22ClN3O3. The zero-order chi connectivity index (χ0) is 17.5. The van der Waals surface area contributed by atoms with E-state index >= 15 is 0 Å². The van der Waals surface area contributed by atoms with Crippen molar-refractivity contribution in [1.82, 2.24) is 10.3 Å². The summed E-state index contributed by atoms with van der Waals surface area (Å²) in [5, 5.41) is 15.5. The van der Waals surface area contributed by atoms with E-state index in [2.05, 4.69) is 15.6 Å². The molecule has 2 fully saturated rings. The van der Waals surface area contributed by atoms with E-state index in [-0.39, 0.29) is 29.3 Å². The molecule has 2 aliphatic carbocycles. The SMILES string of the molecule is CC(C)Nc1cc(Cl)ncc1C(=O)NC1CC2(C1)CC(C(=O)O)C2. The summed E-state index contributed by atoms with van der Waals surface area (Å²) < 4.78 is 0. The highest BCUT2D eigenvalue weighted by molar-refractivity contribution is 6.29. The number of carboxylic acids is 1. The van der Waals surface area contributed by atoms with Crippen LogP contribution in [0.2, 0.25) is 5.15 Å². The molecule has 3 rings (SSSR count). The van der Waals surface area contributed by atoms with Gasteiger partial charge in [-0.05, 0) is 51.0 Å². The van der Waals surface area contributed by atoms with Crippen molar-refractivity contribution >= 4 is 29.2 Å². The number of nitrogens with one attached hydrogen (secondary N) is 2. The fraction of sp³-hybridized carbons (Fsp3) is 0.588. The number of hydrogen-bond acceptors (Lipinski definition) is 4. The molecule has 1 aromatic heterocycles. The summed E-state index contributed by atoms with van der Waals surface area (Å²) in [5.74, 6) is -1.08. The van der Waals surface area contributed by atoms with Crippen molar-refractivity contribution in [2.24, 2.45) is 11.3 Å². The van der Waals surface area contributed by atoms with Crippen LogP contribution in [0.3, 0.4) is 0 Å². The Hall–Kier alpha value is -1.82. The van der Waals surface area contributed by atoms with Crippen LogP contribution in [-0.2, 0) is 4.79 Å². The number of aromatic nitrogens is 1. The quantitative estimate of drug-likeness (QED) is 0.709. The number of hydrogen-bond donors (Lipinski definition) is 3. The molecule has 0 bridgehead atoms. The first kappa shape index (κ1) is 17.0. The van der Waals surface area contributed by atoms with Crippen molar-refractivity contribution in [3.63, 3.8) is 0 Å². The van der Waals surface area contributed by atoms with Crippen molar-refractivity contribution in [2.45, 2.75) is 51.6 Å². The Bertz CT molecular complexity index is 663. The number of anilines is 1. The van der Waals surface area contributed by atoms with Crippen LogP contribution in [0.25, 0.3) is 0 Å². The molecule has 0 aromatic carbocycles. The Morgan fingerprint density at radius 1 is 1.33 bits per heavy atom. The second-order valence-electron chi connectivity index (χ2n) is 7.37. The molecule has 1 amide bonds. The highest BCUT2D eigenvalue weighted by Gasteiger charge is 2.55. The van der Waals surface area contributed by atoms with E-state index in [1.807, 2.05) is 13.8 Å². The molecule has 2 aliphatic rings. The summed E-state index contributed by atoms with van der Waals surface area (Å²) in [7, 11) is 0. The molecule has 7 heteroatoms. The van der Waals surface area contributed by atoms with E-state index in [1.54, 1.807) is 6.07 Å². The fourth-order valence-electron chi connectivity index (χ4n) is 3.89. The Morgan fingerprint density at radius 2 is 2.00 bits per heavy atom. The minimum absolute atomic E-state index is 0.106. The van der Waals surface area contributed by atoms with Gasteiger partial charge in [-0.2, -0.15) is 0 Å². The van der Waals surface area contributed by atoms with Gasteiger partial charge in [0.2, 0.25) is 0 Å². The zero-order valence-electron chi connectivity index (χ0n) is 13.8. The predicted molar refractivity (Wildman–Crippen MR) is 91.3 cm³/mol. The number of carbonyl (C=O) groups is 2. The highest BCUT2D eigenvalue weighted by Crippen LogP contribution is 2.58. The third-order valence-electron chi connectivity index (χ3n) is 4.96. The number of nitrogens with zero attached hydrogens (tertiary/aromatic N) is 1. The summed E-state index contributed by atoms with van der Waals surface area (Å²) in [4.78, 5) is 27.4. The number of carboxylic acid groups (broad SMARTS) is 1. The molecule has 1 spiro atoms. The van der Waals surface area contributed by atoms with Crippen LogP contribution in [0.1, 0.15) is 49.9 Å². The molecule has 3 N–H and O–H groups in total. The van der Waals surface area contributed by atoms with Gasteiger partial charge in [0.05, 0.1) is 17.2 Å². The number of carbonyl (C=O) groups excluding carboxylic acids is 1. The molecule has 0 saturated heterocycles. The van der Waals surface area contributed by atoms with Crippen LogP contribution in [0, 0.1) is 11.3 Å². The largest absolute Gasteiger partial charge is 0.481 e. The van der Waals surface area contributed by atoms with E-state index in [0.717, 1.165) is 25.7 Å². The summed E-state index contributed by atoms with van der Waals surface area (Å²) in [5.41, 5.74) is 1.29. The average molecular weight is 352 g/mol. The molecule has 0 unspecified atom stereocenters. The number of pyridine rings is 1. The van der Waals surface area contributed by atoms with Gasteiger partial charge in [0.25, 0.3) is 5.91 Å². The molecule has 24 heavy (non-hydrogen) atoms. The summed E-state index contributed by atoms with van der Waals surface area (Å²) >= 11 is 5.92. The number of aliphatic carboxylic acids is 1. The van der Waals surface area contributed by atoms with Crippen LogP contribution < -0.4 is 10.6 Å². The highest BCUT2D eigenvalue weighted by atomic mass is 35.5. The maximum absolute atomic E-state index is 12.5. The van der Waals surface area contributed by atoms with E-state index in [1.165, 1.54) is 6.20 Å². The lowest BCUT2D eigenvalue weighted by Crippen LogP contribution is -2.57. The lowest BCUT2D eigenvalue weighted by Gasteiger charge is -2.56. The minimum atomic E-state index is -0.704. The first-order valence-corrected chi connectivity index (χ1v) is 8.61. The maximum Gasteiger partial charge on any atom is 0.306 e. The van der Waals surface area contributed by atoms with Gasteiger partial charge in [0.1, 0.15) is 5.15 Å². The smallest absolute Gasteiger partial charge is 0.306 e. The van der Waals surface area contributed by atoms with Crippen molar-refractivity contribution in [3.05, 3.63) is 23.0 Å². The topological polar surface area (TPSA) is 91.3 Å². The van der Waals surface area contributed by atoms with Gasteiger partial charge in [-0.3, -0.25) is 9.59 Å². The van der Waals surface area contributed by atoms with E-state index in [4.69, 9.17) is 16.7 Å². The lowest BCUT2D eigenvalue weighted by atomic mass is 9.50. The Kier molecular flexibility index (Phi) is 4.42. The van der Waals surface area contributed by atoms with Crippen LogP contribution in [-0.4, -0.2) is 34.1 Å². The van der Waals surface area contributed by atoms with Crippen molar-refractivity contribution in [2.75, 3.05) is 5.32 Å². The summed E-state index contributed by atoms with van der Waals surface area (Å²) in [6, 6.07) is 1.93. The Labute approximate surface area is 146 Å². The van der Waals surface area contributed by atoms with E-state index in [9.17, 15) is 9.59 Å². The van der Waals surface area contributed by atoms with Crippen molar-refractivity contribution < 1.29 is 14.7 Å². The van der Waals surface area contributed by atoms with Crippen LogP contribution in [0.15, 0.2) is 12.3 Å². The molecule has 2 saturated carbocycles. The third kappa shape index (κ3) is 3.34. The Balaban J connectivity index is 1.58. The first-order valence-electron chi connectivity index (χ1n) is 8.24. The second-order valence-corrected chi connectivity index (χ2v) is 7.76. The molecule has 1 aromatic rings. The molecule has 0 radical (unpaired) electrons. The zero-order valence-corrected chi connectivity index (χ0v) is 14.6. The number of rotatable bonds is 5. The van der Waals surface area contributed by atoms with Gasteiger partial charge in [-0.25, -0.2) is 4.98 Å². The molecule has 130 valence electrons. The van der Waals surface area contributed by atoms with Crippen LogP contribution >= 0.6 is 11.6 Å². The summed E-state index contributed by atoms with van der Waals surface area (Å²) in [6.07, 6.45) is 4.67. The molecular weight excluding hydrogens is 330 g/mol. The monoisotopic (exact) mass is 351 g/mol. The van der Waals surface area contributed by atoms with Crippen LogP contribution in [0.5, 0.6) is 0 Å². The molecule has 1 heterocycles. The predicted octanol–water partition coefficient (Wildman–Crippen LogP) is 2.93.